The summed E-state index contributed by atoms with van der Waals surface area (Å²) in [5.74, 6) is -1.55. The highest BCUT2D eigenvalue weighted by Gasteiger charge is 2.24. The zero-order chi connectivity index (χ0) is 13.8. The Hall–Kier alpha value is -2.04. The molecule has 0 radical (unpaired) electrons. The van der Waals surface area contributed by atoms with Crippen molar-refractivity contribution in [2.24, 2.45) is 5.92 Å². The van der Waals surface area contributed by atoms with E-state index in [1.807, 2.05) is 24.3 Å². The number of rotatable bonds is 4. The minimum atomic E-state index is -1.11. The molecule has 0 aromatic heterocycles. The number of carboxylic acids is 1. The van der Waals surface area contributed by atoms with Crippen LogP contribution in [-0.2, 0) is 9.59 Å². The number of nitrogens with one attached hydrogen (secondary N) is 1. The maximum atomic E-state index is 11.6. The third-order valence-corrected chi connectivity index (χ3v) is 3.37. The number of hydrogen-bond acceptors (Lipinski definition) is 3. The molecule has 0 aliphatic carbocycles. The highest BCUT2D eigenvalue weighted by atomic mass is 16.5. The number of carbonyl (C=O) groups excluding carboxylic acids is 1. The van der Waals surface area contributed by atoms with Crippen molar-refractivity contribution < 1.29 is 19.4 Å². The van der Waals surface area contributed by atoms with Gasteiger partial charge in [0, 0.05) is 12.5 Å². The molecule has 1 aliphatic rings. The van der Waals surface area contributed by atoms with Crippen LogP contribution in [0, 0.1) is 5.92 Å². The van der Waals surface area contributed by atoms with Gasteiger partial charge in [-0.3, -0.25) is 9.59 Å². The predicted octanol–water partition coefficient (Wildman–Crippen LogP) is 1.39. The van der Waals surface area contributed by atoms with Gasteiger partial charge in [0.25, 0.3) is 0 Å². The van der Waals surface area contributed by atoms with Gasteiger partial charge in [-0.2, -0.15) is 0 Å². The van der Waals surface area contributed by atoms with Crippen molar-refractivity contribution in [2.45, 2.75) is 19.3 Å². The van der Waals surface area contributed by atoms with E-state index in [-0.39, 0.29) is 5.92 Å². The van der Waals surface area contributed by atoms with E-state index < -0.39 is 17.8 Å². The lowest BCUT2D eigenvalue weighted by atomic mass is 9.93. The zero-order valence-electron chi connectivity index (χ0n) is 10.8. The Morgan fingerprint density at radius 1 is 1.47 bits per heavy atom. The van der Waals surface area contributed by atoms with Gasteiger partial charge in [-0.1, -0.05) is 18.2 Å². The summed E-state index contributed by atoms with van der Waals surface area (Å²) in [5.41, 5.74) is 1.07. The smallest absolute Gasteiger partial charge is 0.315 e. The van der Waals surface area contributed by atoms with Crippen molar-refractivity contribution in [3.05, 3.63) is 29.8 Å². The summed E-state index contributed by atoms with van der Waals surface area (Å²) >= 11 is 0. The molecule has 0 fully saturated rings. The molecule has 0 saturated heterocycles. The Kier molecular flexibility index (Phi) is 4.04. The largest absolute Gasteiger partial charge is 0.493 e. The van der Waals surface area contributed by atoms with Gasteiger partial charge in [0.05, 0.1) is 6.61 Å². The van der Waals surface area contributed by atoms with Gasteiger partial charge in [-0.25, -0.2) is 0 Å². The van der Waals surface area contributed by atoms with Crippen molar-refractivity contribution in [3.63, 3.8) is 0 Å². The molecule has 102 valence electrons. The number of ether oxygens (including phenoxy) is 1. The maximum absolute atomic E-state index is 11.6. The molecule has 0 spiro atoms. The van der Waals surface area contributed by atoms with E-state index in [1.54, 1.807) is 0 Å². The second-order valence-electron chi connectivity index (χ2n) is 4.68. The van der Waals surface area contributed by atoms with E-state index in [4.69, 9.17) is 9.84 Å². The Bertz CT molecular complexity index is 486. The van der Waals surface area contributed by atoms with Crippen LogP contribution in [0.25, 0.3) is 0 Å². The SMILES string of the molecule is CC(C(=O)O)C(=O)NCC1CCOc2ccccc21. The Morgan fingerprint density at radius 2 is 2.21 bits per heavy atom. The highest BCUT2D eigenvalue weighted by molar-refractivity contribution is 5.96. The molecule has 1 aromatic rings. The average molecular weight is 263 g/mol. The second kappa shape index (κ2) is 5.73. The van der Waals surface area contributed by atoms with Crippen LogP contribution in [0.15, 0.2) is 24.3 Å². The summed E-state index contributed by atoms with van der Waals surface area (Å²) in [6.07, 6.45) is 0.818. The number of benzene rings is 1. The van der Waals surface area contributed by atoms with Gasteiger partial charge < -0.3 is 15.2 Å². The maximum Gasteiger partial charge on any atom is 0.315 e. The van der Waals surface area contributed by atoms with Gasteiger partial charge in [0.15, 0.2) is 0 Å². The van der Waals surface area contributed by atoms with E-state index in [0.717, 1.165) is 17.7 Å². The van der Waals surface area contributed by atoms with Gasteiger partial charge in [-0.05, 0) is 25.0 Å². The Labute approximate surface area is 111 Å². The summed E-state index contributed by atoms with van der Waals surface area (Å²) in [6.45, 7) is 2.44. The quantitative estimate of drug-likeness (QED) is 0.805. The lowest BCUT2D eigenvalue weighted by Crippen LogP contribution is -2.37. The van der Waals surface area contributed by atoms with E-state index in [1.165, 1.54) is 6.92 Å². The third kappa shape index (κ3) is 3.05. The number of amides is 1. The molecule has 0 bridgehead atoms. The van der Waals surface area contributed by atoms with Crippen molar-refractivity contribution in [3.8, 4) is 5.75 Å². The molecular weight excluding hydrogens is 246 g/mol. The summed E-state index contributed by atoms with van der Waals surface area (Å²) < 4.78 is 5.54. The van der Waals surface area contributed by atoms with E-state index in [2.05, 4.69) is 5.32 Å². The fourth-order valence-corrected chi connectivity index (χ4v) is 2.12. The number of aliphatic carboxylic acids is 1. The molecule has 1 aliphatic heterocycles. The van der Waals surface area contributed by atoms with Gasteiger partial charge in [-0.15, -0.1) is 0 Å². The average Bonchev–Trinajstić information content (AvgIpc) is 2.43. The van der Waals surface area contributed by atoms with Crippen molar-refractivity contribution in [2.75, 3.05) is 13.2 Å². The van der Waals surface area contributed by atoms with Crippen molar-refractivity contribution in [1.82, 2.24) is 5.32 Å². The van der Waals surface area contributed by atoms with E-state index in [9.17, 15) is 9.59 Å². The molecule has 2 atom stereocenters. The predicted molar refractivity (Wildman–Crippen MR) is 69.1 cm³/mol. The van der Waals surface area contributed by atoms with Crippen LogP contribution in [-0.4, -0.2) is 30.1 Å². The summed E-state index contributed by atoms with van der Waals surface area (Å²) in [4.78, 5) is 22.3. The van der Waals surface area contributed by atoms with Gasteiger partial charge in [0.2, 0.25) is 5.91 Å². The van der Waals surface area contributed by atoms with Crippen LogP contribution in [0.4, 0.5) is 0 Å². The number of fused-ring (bicyclic) bond motifs is 1. The van der Waals surface area contributed by atoms with Crippen molar-refractivity contribution in [1.29, 1.82) is 0 Å². The first-order valence-corrected chi connectivity index (χ1v) is 6.32. The fraction of sp³-hybridized carbons (Fsp3) is 0.429. The molecular formula is C14H17NO4. The summed E-state index contributed by atoms with van der Waals surface area (Å²) in [7, 11) is 0. The number of para-hydroxylation sites is 1. The fourth-order valence-electron chi connectivity index (χ4n) is 2.12. The zero-order valence-corrected chi connectivity index (χ0v) is 10.8. The molecule has 1 aromatic carbocycles. The molecule has 2 N–H and O–H groups in total. The van der Waals surface area contributed by atoms with Crippen LogP contribution >= 0.6 is 0 Å². The molecule has 5 heteroatoms. The first kappa shape index (κ1) is 13.4. The minimum Gasteiger partial charge on any atom is -0.493 e. The van der Waals surface area contributed by atoms with E-state index >= 15 is 0 Å². The van der Waals surface area contributed by atoms with Crippen molar-refractivity contribution >= 4 is 11.9 Å². The van der Waals surface area contributed by atoms with E-state index in [0.29, 0.717) is 13.2 Å². The van der Waals surface area contributed by atoms with Gasteiger partial charge >= 0.3 is 5.97 Å². The number of hydrogen-bond donors (Lipinski definition) is 2. The molecule has 2 unspecified atom stereocenters. The molecule has 1 heterocycles. The van der Waals surface area contributed by atoms with Crippen LogP contribution < -0.4 is 10.1 Å². The van der Waals surface area contributed by atoms with Crippen LogP contribution in [0.5, 0.6) is 5.75 Å². The highest BCUT2D eigenvalue weighted by Crippen LogP contribution is 2.32. The minimum absolute atomic E-state index is 0.176. The first-order valence-electron chi connectivity index (χ1n) is 6.32. The van der Waals surface area contributed by atoms with Crippen LogP contribution in [0.1, 0.15) is 24.8 Å². The molecule has 2 rings (SSSR count). The first-order chi connectivity index (χ1) is 9.09. The Balaban J connectivity index is 1.98. The third-order valence-electron chi connectivity index (χ3n) is 3.37. The normalized spacial score (nSPS) is 18.9. The van der Waals surface area contributed by atoms with Gasteiger partial charge in [0.1, 0.15) is 11.7 Å². The van der Waals surface area contributed by atoms with Crippen LogP contribution in [0.2, 0.25) is 0 Å². The number of carbonyl (C=O) groups is 2. The van der Waals surface area contributed by atoms with Crippen LogP contribution in [0.3, 0.4) is 0 Å². The standard InChI is InChI=1S/C14H17NO4/c1-9(14(17)18)13(16)15-8-10-6-7-19-12-5-3-2-4-11(10)12/h2-5,9-10H,6-8H2,1H3,(H,15,16)(H,17,18). The molecule has 5 nitrogen and oxygen atoms in total. The number of carboxylic acid groups (broad SMARTS) is 1. The molecule has 1 amide bonds. The monoisotopic (exact) mass is 263 g/mol. The summed E-state index contributed by atoms with van der Waals surface area (Å²) in [5, 5.41) is 11.5. The summed E-state index contributed by atoms with van der Waals surface area (Å²) in [6, 6.07) is 7.73. The Morgan fingerprint density at radius 3 is 2.95 bits per heavy atom. The topological polar surface area (TPSA) is 75.6 Å². The second-order valence-corrected chi connectivity index (χ2v) is 4.68. The lowest BCUT2D eigenvalue weighted by molar-refractivity contribution is -0.146. The lowest BCUT2D eigenvalue weighted by Gasteiger charge is -2.26. The molecule has 0 saturated carbocycles. The molecule has 19 heavy (non-hydrogen) atoms.